The number of aliphatic hydroxyl groups excluding tert-OH is 1. The van der Waals surface area contributed by atoms with Gasteiger partial charge in [-0.2, -0.15) is 0 Å². The third-order valence-electron chi connectivity index (χ3n) is 2.98. The van der Waals surface area contributed by atoms with E-state index in [1.54, 1.807) is 19.1 Å². The molecule has 0 bridgehead atoms. The van der Waals surface area contributed by atoms with Crippen molar-refractivity contribution in [2.75, 3.05) is 6.61 Å². The minimum Gasteiger partial charge on any atom is -0.464 e. The van der Waals surface area contributed by atoms with Gasteiger partial charge in [0.25, 0.3) is 0 Å². The number of carbonyl (C=O) groups is 1. The quantitative estimate of drug-likeness (QED) is 0.862. The molecular weight excluding hydrogens is 262 g/mol. The molecule has 0 saturated heterocycles. The number of fused-ring (bicyclic) bond motifs is 1. The van der Waals surface area contributed by atoms with Crippen LogP contribution >= 0.6 is 0 Å². The zero-order chi connectivity index (χ0) is 14.9. The monoisotopic (exact) mass is 279 g/mol. The van der Waals surface area contributed by atoms with Gasteiger partial charge in [-0.25, -0.2) is 9.59 Å². The lowest BCUT2D eigenvalue weighted by molar-refractivity contribution is -0.153. The molecule has 6 nitrogen and oxygen atoms in total. The Hall–Kier alpha value is -2.08. The van der Waals surface area contributed by atoms with Gasteiger partial charge in [-0.15, -0.1) is 0 Å². The zero-order valence-electron chi connectivity index (χ0n) is 11.6. The van der Waals surface area contributed by atoms with Gasteiger partial charge in [0.05, 0.1) is 12.1 Å². The standard InChI is InChI=1S/C14H17NO5/c1-4-19-13(17)12(16)9-5-6-11-10(7-9)15(8(2)3)14(18)20-11/h5-8,12,16H,4H2,1-3H3. The second-order valence-electron chi connectivity index (χ2n) is 4.71. The maximum Gasteiger partial charge on any atom is 0.420 e. The number of ether oxygens (including phenoxy) is 1. The lowest BCUT2D eigenvalue weighted by atomic mass is 10.1. The smallest absolute Gasteiger partial charge is 0.420 e. The van der Waals surface area contributed by atoms with Gasteiger partial charge in [0.15, 0.2) is 11.7 Å². The van der Waals surface area contributed by atoms with Crippen molar-refractivity contribution in [2.24, 2.45) is 0 Å². The fourth-order valence-electron chi connectivity index (χ4n) is 2.07. The Bertz CT molecular complexity index is 682. The van der Waals surface area contributed by atoms with Crippen LogP contribution in [0.5, 0.6) is 0 Å². The molecule has 0 spiro atoms. The van der Waals surface area contributed by atoms with Crippen molar-refractivity contribution in [1.29, 1.82) is 0 Å². The summed E-state index contributed by atoms with van der Waals surface area (Å²) in [6.07, 6.45) is -1.37. The molecule has 1 aromatic carbocycles. The molecule has 20 heavy (non-hydrogen) atoms. The van der Waals surface area contributed by atoms with E-state index in [-0.39, 0.29) is 12.6 Å². The Balaban J connectivity index is 2.50. The molecule has 1 heterocycles. The summed E-state index contributed by atoms with van der Waals surface area (Å²) in [7, 11) is 0. The van der Waals surface area contributed by atoms with Gasteiger partial charge in [-0.05, 0) is 38.5 Å². The highest BCUT2D eigenvalue weighted by Gasteiger charge is 2.21. The van der Waals surface area contributed by atoms with Crippen LogP contribution in [0, 0.1) is 0 Å². The third kappa shape index (κ3) is 2.46. The van der Waals surface area contributed by atoms with Gasteiger partial charge in [0.2, 0.25) is 0 Å². The van der Waals surface area contributed by atoms with E-state index in [0.29, 0.717) is 16.7 Å². The highest BCUT2D eigenvalue weighted by atomic mass is 16.5. The lowest BCUT2D eigenvalue weighted by Crippen LogP contribution is -2.17. The molecule has 0 saturated carbocycles. The highest BCUT2D eigenvalue weighted by Crippen LogP contribution is 2.22. The van der Waals surface area contributed by atoms with Crippen LogP contribution in [0.4, 0.5) is 0 Å². The topological polar surface area (TPSA) is 81.7 Å². The van der Waals surface area contributed by atoms with Gasteiger partial charge < -0.3 is 14.3 Å². The molecule has 108 valence electrons. The Morgan fingerprint density at radius 1 is 1.45 bits per heavy atom. The van der Waals surface area contributed by atoms with Crippen molar-refractivity contribution in [3.05, 3.63) is 34.3 Å². The fourth-order valence-corrected chi connectivity index (χ4v) is 2.07. The zero-order valence-corrected chi connectivity index (χ0v) is 11.6. The van der Waals surface area contributed by atoms with Gasteiger partial charge >= 0.3 is 11.7 Å². The van der Waals surface area contributed by atoms with Crippen LogP contribution in [0.25, 0.3) is 11.1 Å². The predicted molar refractivity (Wildman–Crippen MR) is 72.5 cm³/mol. The molecule has 1 N–H and O–H groups in total. The van der Waals surface area contributed by atoms with Crippen molar-refractivity contribution in [2.45, 2.75) is 32.9 Å². The van der Waals surface area contributed by atoms with Crippen LogP contribution in [0.15, 0.2) is 27.4 Å². The van der Waals surface area contributed by atoms with Crippen LogP contribution < -0.4 is 5.76 Å². The van der Waals surface area contributed by atoms with E-state index in [0.717, 1.165) is 0 Å². The number of rotatable bonds is 4. The number of aromatic nitrogens is 1. The maximum atomic E-state index is 11.7. The van der Waals surface area contributed by atoms with E-state index in [9.17, 15) is 14.7 Å². The van der Waals surface area contributed by atoms with Gasteiger partial charge in [0.1, 0.15) is 0 Å². The van der Waals surface area contributed by atoms with E-state index in [4.69, 9.17) is 9.15 Å². The van der Waals surface area contributed by atoms with E-state index >= 15 is 0 Å². The molecule has 0 aliphatic heterocycles. The van der Waals surface area contributed by atoms with Gasteiger partial charge in [0, 0.05) is 6.04 Å². The molecule has 1 unspecified atom stereocenters. The SMILES string of the molecule is CCOC(=O)C(O)c1ccc2oc(=O)n(C(C)C)c2c1. The first kappa shape index (κ1) is 14.3. The van der Waals surface area contributed by atoms with Crippen molar-refractivity contribution in [3.8, 4) is 0 Å². The molecule has 0 aliphatic carbocycles. The lowest BCUT2D eigenvalue weighted by Gasteiger charge is -2.11. The first-order valence-electron chi connectivity index (χ1n) is 6.45. The maximum absolute atomic E-state index is 11.7. The number of hydrogen-bond acceptors (Lipinski definition) is 5. The van der Waals surface area contributed by atoms with E-state index in [2.05, 4.69) is 0 Å². The average molecular weight is 279 g/mol. The number of esters is 1. The Labute approximate surface area is 115 Å². The number of carbonyl (C=O) groups excluding carboxylic acids is 1. The molecule has 2 aromatic rings. The van der Waals surface area contributed by atoms with E-state index < -0.39 is 17.8 Å². The van der Waals surface area contributed by atoms with Crippen molar-refractivity contribution in [1.82, 2.24) is 4.57 Å². The predicted octanol–water partition coefficient (Wildman–Crippen LogP) is 1.77. The number of hydrogen-bond donors (Lipinski definition) is 1. The first-order valence-corrected chi connectivity index (χ1v) is 6.45. The molecule has 2 rings (SSSR count). The first-order chi connectivity index (χ1) is 9.45. The van der Waals surface area contributed by atoms with Crippen molar-refractivity contribution in [3.63, 3.8) is 0 Å². The second-order valence-corrected chi connectivity index (χ2v) is 4.71. The third-order valence-corrected chi connectivity index (χ3v) is 2.98. The summed E-state index contributed by atoms with van der Waals surface area (Å²) in [5.74, 6) is -1.17. The van der Waals surface area contributed by atoms with Crippen LogP contribution in [0.1, 0.15) is 38.5 Å². The average Bonchev–Trinajstić information content (AvgIpc) is 2.72. The largest absolute Gasteiger partial charge is 0.464 e. The van der Waals surface area contributed by atoms with Crippen molar-refractivity contribution >= 4 is 17.1 Å². The van der Waals surface area contributed by atoms with Crippen molar-refractivity contribution < 1.29 is 19.1 Å². The molecule has 0 aliphatic rings. The molecule has 0 fully saturated rings. The number of aliphatic hydroxyl groups is 1. The summed E-state index contributed by atoms with van der Waals surface area (Å²) in [5, 5.41) is 9.92. The number of benzene rings is 1. The molecule has 1 aromatic heterocycles. The number of nitrogens with zero attached hydrogens (tertiary/aromatic N) is 1. The summed E-state index contributed by atoms with van der Waals surface area (Å²) in [6, 6.07) is 4.59. The summed E-state index contributed by atoms with van der Waals surface area (Å²) in [6.45, 7) is 5.57. The Morgan fingerprint density at radius 3 is 2.75 bits per heavy atom. The minimum absolute atomic E-state index is 0.0845. The molecular formula is C14H17NO5. The fraction of sp³-hybridized carbons (Fsp3) is 0.429. The van der Waals surface area contributed by atoms with E-state index in [1.807, 2.05) is 13.8 Å². The molecule has 1 atom stereocenters. The highest BCUT2D eigenvalue weighted by molar-refractivity contribution is 5.80. The molecule has 6 heteroatoms. The summed E-state index contributed by atoms with van der Waals surface area (Å²) in [4.78, 5) is 23.3. The van der Waals surface area contributed by atoms with Crippen LogP contribution in [-0.2, 0) is 9.53 Å². The molecule has 0 radical (unpaired) electrons. The molecule has 0 amide bonds. The van der Waals surface area contributed by atoms with E-state index in [1.165, 1.54) is 10.6 Å². The van der Waals surface area contributed by atoms with Gasteiger partial charge in [-0.3, -0.25) is 4.57 Å². The number of oxazole rings is 1. The Kier molecular flexibility index (Phi) is 3.94. The minimum atomic E-state index is -1.37. The van der Waals surface area contributed by atoms with Crippen LogP contribution in [-0.4, -0.2) is 22.2 Å². The summed E-state index contributed by atoms with van der Waals surface area (Å²) >= 11 is 0. The summed E-state index contributed by atoms with van der Waals surface area (Å²) in [5.41, 5.74) is 1.33. The van der Waals surface area contributed by atoms with Crippen LogP contribution in [0.2, 0.25) is 0 Å². The van der Waals surface area contributed by atoms with Crippen LogP contribution in [0.3, 0.4) is 0 Å². The normalized spacial score (nSPS) is 12.8. The second kappa shape index (κ2) is 5.50. The Morgan fingerprint density at radius 2 is 2.15 bits per heavy atom. The summed E-state index contributed by atoms with van der Waals surface area (Å²) < 4.78 is 11.4. The van der Waals surface area contributed by atoms with Gasteiger partial charge in [-0.1, -0.05) is 6.07 Å².